The second-order valence-electron chi connectivity index (χ2n) is 8.11. The van der Waals surface area contributed by atoms with Crippen LogP contribution in [0.3, 0.4) is 0 Å². The van der Waals surface area contributed by atoms with E-state index in [4.69, 9.17) is 0 Å². The van der Waals surface area contributed by atoms with E-state index in [1.54, 1.807) is 18.2 Å². The number of carbonyl (C=O) groups excluding carboxylic acids is 1. The van der Waals surface area contributed by atoms with E-state index in [1.165, 1.54) is 23.7 Å². The van der Waals surface area contributed by atoms with E-state index in [0.717, 1.165) is 30.2 Å². The van der Waals surface area contributed by atoms with Crippen LogP contribution in [0.25, 0.3) is 22.2 Å². The molecule has 8 nitrogen and oxygen atoms in total. The van der Waals surface area contributed by atoms with Crippen molar-refractivity contribution in [2.45, 2.75) is 25.8 Å². The normalized spacial score (nSPS) is 13.4. The molecule has 1 aliphatic rings. The van der Waals surface area contributed by atoms with Gasteiger partial charge in [0, 0.05) is 37.3 Å². The van der Waals surface area contributed by atoms with E-state index in [1.807, 2.05) is 42.5 Å². The first-order valence-corrected chi connectivity index (χ1v) is 11.1. The highest BCUT2D eigenvalue weighted by atomic mass is 16.2. The first kappa shape index (κ1) is 20.8. The van der Waals surface area contributed by atoms with Gasteiger partial charge in [0.1, 0.15) is 0 Å². The van der Waals surface area contributed by atoms with Gasteiger partial charge in [-0.15, -0.1) is 10.2 Å². The van der Waals surface area contributed by atoms with Gasteiger partial charge in [0.2, 0.25) is 5.91 Å². The van der Waals surface area contributed by atoms with Crippen molar-refractivity contribution in [1.29, 1.82) is 0 Å². The molecule has 0 spiro atoms. The molecule has 4 aromatic rings. The van der Waals surface area contributed by atoms with Crippen molar-refractivity contribution in [3.63, 3.8) is 0 Å². The number of hydrogen-bond donors (Lipinski definition) is 1. The fraction of sp³-hybridized carbons (Fsp3) is 0.240. The van der Waals surface area contributed by atoms with Gasteiger partial charge in [-0.25, -0.2) is 4.98 Å². The number of amides is 1. The maximum atomic E-state index is 12.5. The molecule has 0 bridgehead atoms. The summed E-state index contributed by atoms with van der Waals surface area (Å²) >= 11 is 0. The summed E-state index contributed by atoms with van der Waals surface area (Å²) < 4.78 is 1.47. The third kappa shape index (κ3) is 4.59. The second kappa shape index (κ2) is 9.20. The summed E-state index contributed by atoms with van der Waals surface area (Å²) in [4.78, 5) is 31.5. The Morgan fingerprint density at radius 2 is 1.73 bits per heavy atom. The number of hydrogen-bond acceptors (Lipinski definition) is 6. The average molecular weight is 441 g/mol. The Morgan fingerprint density at radius 3 is 2.48 bits per heavy atom. The number of aromatic nitrogens is 4. The standard InChI is InChI=1S/C25H24N6O2/c32-24(13-16-31-17-26-22-6-2-1-5-20(22)25(31)33)27-19-9-7-18(8-10-19)21-11-12-23(29-28-21)30-14-3-4-15-30/h1-2,5-12,17H,3-4,13-16H2,(H,27,32). The van der Waals surface area contributed by atoms with Crippen molar-refractivity contribution in [3.05, 3.63) is 77.3 Å². The lowest BCUT2D eigenvalue weighted by Crippen LogP contribution is -2.23. The van der Waals surface area contributed by atoms with Crippen molar-refractivity contribution < 1.29 is 4.79 Å². The fourth-order valence-corrected chi connectivity index (χ4v) is 4.03. The van der Waals surface area contributed by atoms with Crippen molar-refractivity contribution >= 4 is 28.3 Å². The highest BCUT2D eigenvalue weighted by Crippen LogP contribution is 2.22. The largest absolute Gasteiger partial charge is 0.355 e. The summed E-state index contributed by atoms with van der Waals surface area (Å²) in [6.07, 6.45) is 4.06. The van der Waals surface area contributed by atoms with Gasteiger partial charge in [0.25, 0.3) is 5.56 Å². The molecule has 166 valence electrons. The molecule has 1 fully saturated rings. The number of nitrogens with zero attached hydrogens (tertiary/aromatic N) is 5. The molecule has 0 aliphatic carbocycles. The highest BCUT2D eigenvalue weighted by Gasteiger charge is 2.14. The van der Waals surface area contributed by atoms with Crippen LogP contribution >= 0.6 is 0 Å². The zero-order valence-corrected chi connectivity index (χ0v) is 18.1. The first-order chi connectivity index (χ1) is 16.2. The van der Waals surface area contributed by atoms with E-state index >= 15 is 0 Å². The minimum atomic E-state index is -0.169. The van der Waals surface area contributed by atoms with Crippen LogP contribution in [0.15, 0.2) is 71.8 Å². The molecule has 1 saturated heterocycles. The molecule has 0 saturated carbocycles. The number of para-hydroxylation sites is 1. The molecule has 1 amide bonds. The molecule has 8 heteroatoms. The summed E-state index contributed by atoms with van der Waals surface area (Å²) in [7, 11) is 0. The van der Waals surface area contributed by atoms with Crippen molar-refractivity contribution in [1.82, 2.24) is 19.7 Å². The van der Waals surface area contributed by atoms with Gasteiger partial charge in [-0.2, -0.15) is 0 Å². The first-order valence-electron chi connectivity index (χ1n) is 11.1. The Hall–Kier alpha value is -4.07. The fourth-order valence-electron chi connectivity index (χ4n) is 4.03. The smallest absolute Gasteiger partial charge is 0.261 e. The zero-order valence-electron chi connectivity index (χ0n) is 18.1. The molecule has 0 atom stereocenters. The van der Waals surface area contributed by atoms with Gasteiger partial charge in [-0.05, 0) is 49.2 Å². The Balaban J connectivity index is 1.19. The number of carbonyl (C=O) groups is 1. The van der Waals surface area contributed by atoms with Gasteiger partial charge < -0.3 is 10.2 Å². The average Bonchev–Trinajstić information content (AvgIpc) is 3.40. The Labute approximate surface area is 190 Å². The van der Waals surface area contributed by atoms with Crippen LogP contribution in [0, 0.1) is 0 Å². The molecule has 5 rings (SSSR count). The predicted molar refractivity (Wildman–Crippen MR) is 128 cm³/mol. The third-order valence-corrected chi connectivity index (χ3v) is 5.86. The number of rotatable bonds is 6. The minimum absolute atomic E-state index is 0.144. The number of nitrogens with one attached hydrogen (secondary N) is 1. The Bertz CT molecular complexity index is 1330. The van der Waals surface area contributed by atoms with Crippen LogP contribution < -0.4 is 15.8 Å². The lowest BCUT2D eigenvalue weighted by atomic mass is 10.1. The van der Waals surface area contributed by atoms with E-state index in [-0.39, 0.29) is 24.4 Å². The summed E-state index contributed by atoms with van der Waals surface area (Å²) in [5.74, 6) is 0.749. The molecule has 0 radical (unpaired) electrons. The van der Waals surface area contributed by atoms with Crippen LogP contribution in [-0.2, 0) is 11.3 Å². The van der Waals surface area contributed by atoms with Gasteiger partial charge in [0.15, 0.2) is 5.82 Å². The lowest BCUT2D eigenvalue weighted by Gasteiger charge is -2.15. The summed E-state index contributed by atoms with van der Waals surface area (Å²) in [5, 5.41) is 12.1. The van der Waals surface area contributed by atoms with Crippen LogP contribution in [-0.4, -0.2) is 38.7 Å². The van der Waals surface area contributed by atoms with Crippen molar-refractivity contribution in [2.75, 3.05) is 23.3 Å². The molecule has 3 heterocycles. The van der Waals surface area contributed by atoms with Gasteiger partial charge in [-0.3, -0.25) is 14.2 Å². The van der Waals surface area contributed by atoms with Gasteiger partial charge in [0.05, 0.1) is 22.9 Å². The molecular formula is C25H24N6O2. The Kier molecular flexibility index (Phi) is 5.80. The summed E-state index contributed by atoms with van der Waals surface area (Å²) in [5.41, 5.74) is 2.92. The maximum absolute atomic E-state index is 12.5. The van der Waals surface area contributed by atoms with Gasteiger partial charge in [-0.1, -0.05) is 24.3 Å². The lowest BCUT2D eigenvalue weighted by molar-refractivity contribution is -0.116. The van der Waals surface area contributed by atoms with E-state index in [0.29, 0.717) is 16.6 Å². The number of benzene rings is 2. The molecule has 2 aromatic carbocycles. The van der Waals surface area contributed by atoms with E-state index in [9.17, 15) is 9.59 Å². The minimum Gasteiger partial charge on any atom is -0.355 e. The highest BCUT2D eigenvalue weighted by molar-refractivity contribution is 5.91. The predicted octanol–water partition coefficient (Wildman–Crippen LogP) is 3.48. The number of fused-ring (bicyclic) bond motifs is 1. The van der Waals surface area contributed by atoms with Crippen LogP contribution in [0.2, 0.25) is 0 Å². The van der Waals surface area contributed by atoms with Crippen molar-refractivity contribution in [2.24, 2.45) is 0 Å². The molecule has 1 aliphatic heterocycles. The van der Waals surface area contributed by atoms with Crippen LogP contribution in [0.5, 0.6) is 0 Å². The van der Waals surface area contributed by atoms with E-state index < -0.39 is 0 Å². The second-order valence-corrected chi connectivity index (χ2v) is 8.11. The molecule has 1 N–H and O–H groups in total. The number of anilines is 2. The molecule has 2 aromatic heterocycles. The quantitative estimate of drug-likeness (QED) is 0.493. The SMILES string of the molecule is O=C(CCn1cnc2ccccc2c1=O)Nc1ccc(-c2ccc(N3CCCC3)nn2)cc1. The summed E-state index contributed by atoms with van der Waals surface area (Å²) in [6.45, 7) is 2.34. The number of aryl methyl sites for hydroxylation is 1. The molecular weight excluding hydrogens is 416 g/mol. The monoisotopic (exact) mass is 440 g/mol. The summed E-state index contributed by atoms with van der Waals surface area (Å²) in [6, 6.07) is 18.7. The molecule has 0 unspecified atom stereocenters. The Morgan fingerprint density at radius 1 is 0.939 bits per heavy atom. The van der Waals surface area contributed by atoms with Crippen LogP contribution in [0.1, 0.15) is 19.3 Å². The van der Waals surface area contributed by atoms with E-state index in [2.05, 4.69) is 25.4 Å². The molecule has 33 heavy (non-hydrogen) atoms. The van der Waals surface area contributed by atoms with Crippen molar-refractivity contribution in [3.8, 4) is 11.3 Å². The van der Waals surface area contributed by atoms with Crippen LogP contribution in [0.4, 0.5) is 11.5 Å². The topological polar surface area (TPSA) is 93.0 Å². The third-order valence-electron chi connectivity index (χ3n) is 5.86. The zero-order chi connectivity index (χ0) is 22.6. The van der Waals surface area contributed by atoms with Gasteiger partial charge >= 0.3 is 0 Å². The maximum Gasteiger partial charge on any atom is 0.261 e.